The van der Waals surface area contributed by atoms with Crippen LogP contribution in [0.1, 0.15) is 28.7 Å². The Morgan fingerprint density at radius 1 is 1.35 bits per heavy atom. The molecule has 0 amide bonds. The minimum absolute atomic E-state index is 0. The molecule has 4 nitrogen and oxygen atoms in total. The van der Waals surface area contributed by atoms with Crippen LogP contribution >= 0.6 is 23.7 Å². The van der Waals surface area contributed by atoms with Gasteiger partial charge in [-0.15, -0.1) is 23.7 Å². The van der Waals surface area contributed by atoms with Crippen molar-refractivity contribution in [3.05, 3.63) is 52.8 Å². The first-order chi connectivity index (χ1) is 9.20. The second kappa shape index (κ2) is 5.64. The highest BCUT2D eigenvalue weighted by Gasteiger charge is 2.20. The van der Waals surface area contributed by atoms with Gasteiger partial charge in [-0.25, -0.2) is 4.98 Å². The van der Waals surface area contributed by atoms with Gasteiger partial charge in [-0.1, -0.05) is 6.92 Å². The van der Waals surface area contributed by atoms with Crippen molar-refractivity contribution in [2.45, 2.75) is 13.3 Å². The van der Waals surface area contributed by atoms with Gasteiger partial charge in [-0.3, -0.25) is 9.20 Å². The first-order valence-corrected chi connectivity index (χ1v) is 6.87. The number of fused-ring (bicyclic) bond motifs is 1. The Balaban J connectivity index is 0.00000147. The molecule has 0 aliphatic heterocycles. The van der Waals surface area contributed by atoms with Gasteiger partial charge in [0.15, 0.2) is 4.96 Å². The number of phenols is 1. The number of ketones is 1. The maximum Gasteiger partial charge on any atom is 0.211 e. The summed E-state index contributed by atoms with van der Waals surface area (Å²) in [4.78, 5) is 17.9. The Hall–Kier alpha value is -1.85. The molecule has 0 bridgehead atoms. The number of benzene rings is 1. The highest BCUT2D eigenvalue weighted by molar-refractivity contribution is 7.15. The molecule has 1 N–H and O–H groups in total. The Kier molecular flexibility index (Phi) is 4.11. The number of aromatic hydroxyl groups is 1. The summed E-state index contributed by atoms with van der Waals surface area (Å²) in [6.07, 6.45) is 2.58. The molecule has 0 saturated heterocycles. The Morgan fingerprint density at radius 2 is 2.05 bits per heavy atom. The molecule has 20 heavy (non-hydrogen) atoms. The quantitative estimate of drug-likeness (QED) is 0.755. The van der Waals surface area contributed by atoms with Crippen LogP contribution < -0.4 is 0 Å². The zero-order valence-electron chi connectivity index (χ0n) is 10.7. The molecule has 0 aliphatic rings. The summed E-state index contributed by atoms with van der Waals surface area (Å²) in [5, 5.41) is 11.2. The Bertz CT molecular complexity index is 746. The Morgan fingerprint density at radius 3 is 2.70 bits per heavy atom. The molecule has 3 rings (SSSR count). The lowest BCUT2D eigenvalue weighted by Crippen LogP contribution is -2.07. The number of aromatic nitrogens is 2. The lowest BCUT2D eigenvalue weighted by Gasteiger charge is -2.02. The second-order valence-corrected chi connectivity index (χ2v) is 5.07. The molecule has 2 aromatic heterocycles. The first kappa shape index (κ1) is 14.6. The van der Waals surface area contributed by atoms with E-state index in [2.05, 4.69) is 4.98 Å². The van der Waals surface area contributed by atoms with E-state index in [9.17, 15) is 9.90 Å². The van der Waals surface area contributed by atoms with Gasteiger partial charge in [0.2, 0.25) is 5.78 Å². The van der Waals surface area contributed by atoms with E-state index in [-0.39, 0.29) is 23.9 Å². The fourth-order valence-corrected chi connectivity index (χ4v) is 2.80. The van der Waals surface area contributed by atoms with Crippen molar-refractivity contribution in [2.75, 3.05) is 0 Å². The SMILES string of the molecule is CCc1nc2sccn2c1C(=O)c1ccc(O)cc1.Cl. The van der Waals surface area contributed by atoms with Crippen LogP contribution in [0.4, 0.5) is 0 Å². The van der Waals surface area contributed by atoms with Gasteiger partial charge in [0.25, 0.3) is 0 Å². The second-order valence-electron chi connectivity index (χ2n) is 4.19. The molecule has 0 saturated carbocycles. The summed E-state index contributed by atoms with van der Waals surface area (Å²) in [5.74, 6) is 0.0870. The van der Waals surface area contributed by atoms with Crippen LogP contribution in [0.2, 0.25) is 0 Å². The third-order valence-corrected chi connectivity index (χ3v) is 3.77. The number of carbonyl (C=O) groups is 1. The van der Waals surface area contributed by atoms with Crippen molar-refractivity contribution in [3.63, 3.8) is 0 Å². The molecule has 1 aromatic carbocycles. The molecule has 2 heterocycles. The topological polar surface area (TPSA) is 54.6 Å². The summed E-state index contributed by atoms with van der Waals surface area (Å²) < 4.78 is 1.83. The van der Waals surface area contributed by atoms with E-state index >= 15 is 0 Å². The van der Waals surface area contributed by atoms with Crippen molar-refractivity contribution in [1.29, 1.82) is 0 Å². The standard InChI is InChI=1S/C14H12N2O2S.ClH/c1-2-11-12(16-7-8-19-14(16)15-11)13(18)9-3-5-10(17)6-4-9;/h3-8,17H,2H2,1H3;1H. The molecule has 0 atom stereocenters. The number of phenolic OH excluding ortho intramolecular Hbond substituents is 1. The molecule has 0 fully saturated rings. The van der Waals surface area contributed by atoms with Crippen molar-refractivity contribution >= 4 is 34.5 Å². The average molecular weight is 309 g/mol. The van der Waals surface area contributed by atoms with Gasteiger partial charge in [0.05, 0.1) is 5.69 Å². The minimum atomic E-state index is -0.0669. The van der Waals surface area contributed by atoms with Gasteiger partial charge < -0.3 is 5.11 Å². The number of carbonyl (C=O) groups excluding carboxylic acids is 1. The number of nitrogens with zero attached hydrogens (tertiary/aromatic N) is 2. The zero-order chi connectivity index (χ0) is 13.4. The highest BCUT2D eigenvalue weighted by Crippen LogP contribution is 2.21. The third kappa shape index (κ3) is 2.30. The molecule has 0 aliphatic carbocycles. The van der Waals surface area contributed by atoms with Gasteiger partial charge in [0, 0.05) is 17.1 Å². The molecule has 0 unspecified atom stereocenters. The number of aryl methyl sites for hydroxylation is 1. The van der Waals surface area contributed by atoms with E-state index in [0.717, 1.165) is 10.7 Å². The van der Waals surface area contributed by atoms with Gasteiger partial charge in [-0.05, 0) is 30.7 Å². The smallest absolute Gasteiger partial charge is 0.211 e. The zero-order valence-corrected chi connectivity index (χ0v) is 12.4. The van der Waals surface area contributed by atoms with Crippen molar-refractivity contribution in [3.8, 4) is 5.75 Å². The van der Waals surface area contributed by atoms with E-state index in [0.29, 0.717) is 17.7 Å². The summed E-state index contributed by atoms with van der Waals surface area (Å²) >= 11 is 1.51. The van der Waals surface area contributed by atoms with Crippen LogP contribution in [0.3, 0.4) is 0 Å². The number of imidazole rings is 1. The Labute approximate surface area is 126 Å². The number of halogens is 1. The summed E-state index contributed by atoms with van der Waals surface area (Å²) in [5.41, 5.74) is 1.98. The van der Waals surface area contributed by atoms with E-state index in [1.165, 1.54) is 23.5 Å². The molecular weight excluding hydrogens is 296 g/mol. The number of hydrogen-bond acceptors (Lipinski definition) is 4. The van der Waals surface area contributed by atoms with Crippen LogP contribution in [0, 0.1) is 0 Å². The highest BCUT2D eigenvalue weighted by atomic mass is 35.5. The minimum Gasteiger partial charge on any atom is -0.508 e. The van der Waals surface area contributed by atoms with Crippen molar-refractivity contribution in [1.82, 2.24) is 9.38 Å². The molecule has 0 radical (unpaired) electrons. The van der Waals surface area contributed by atoms with Crippen LogP contribution in [-0.4, -0.2) is 20.3 Å². The van der Waals surface area contributed by atoms with Crippen LogP contribution in [0.15, 0.2) is 35.8 Å². The first-order valence-electron chi connectivity index (χ1n) is 5.99. The molecule has 6 heteroatoms. The van der Waals surface area contributed by atoms with E-state index in [4.69, 9.17) is 0 Å². The van der Waals surface area contributed by atoms with Crippen LogP contribution in [0.25, 0.3) is 4.96 Å². The van der Waals surface area contributed by atoms with Gasteiger partial charge >= 0.3 is 0 Å². The number of hydrogen-bond donors (Lipinski definition) is 1. The lowest BCUT2D eigenvalue weighted by atomic mass is 10.1. The fourth-order valence-electron chi connectivity index (χ4n) is 2.07. The maximum absolute atomic E-state index is 12.6. The van der Waals surface area contributed by atoms with Crippen LogP contribution in [0.5, 0.6) is 5.75 Å². The van der Waals surface area contributed by atoms with E-state index < -0.39 is 0 Å². The monoisotopic (exact) mass is 308 g/mol. The molecule has 3 aromatic rings. The molecule has 104 valence electrons. The predicted molar refractivity (Wildman–Crippen MR) is 81.2 cm³/mol. The largest absolute Gasteiger partial charge is 0.508 e. The normalized spacial score (nSPS) is 10.4. The molecule has 0 spiro atoms. The maximum atomic E-state index is 12.6. The van der Waals surface area contributed by atoms with Gasteiger partial charge in [-0.2, -0.15) is 0 Å². The van der Waals surface area contributed by atoms with Crippen molar-refractivity contribution in [2.24, 2.45) is 0 Å². The average Bonchev–Trinajstić information content (AvgIpc) is 2.98. The third-order valence-electron chi connectivity index (χ3n) is 3.01. The summed E-state index contributed by atoms with van der Waals surface area (Å²) in [6, 6.07) is 6.29. The number of thiazole rings is 1. The molecular formula is C14H13ClN2O2S. The number of rotatable bonds is 3. The van der Waals surface area contributed by atoms with E-state index in [1.54, 1.807) is 12.1 Å². The summed E-state index contributed by atoms with van der Waals surface area (Å²) in [7, 11) is 0. The van der Waals surface area contributed by atoms with E-state index in [1.807, 2.05) is 22.9 Å². The van der Waals surface area contributed by atoms with Crippen LogP contribution in [-0.2, 0) is 6.42 Å². The summed E-state index contributed by atoms with van der Waals surface area (Å²) in [6.45, 7) is 1.99. The van der Waals surface area contributed by atoms with Gasteiger partial charge in [0.1, 0.15) is 11.4 Å². The van der Waals surface area contributed by atoms with Crippen molar-refractivity contribution < 1.29 is 9.90 Å². The predicted octanol–water partition coefficient (Wildman–Crippen LogP) is 3.32. The fraction of sp³-hybridized carbons (Fsp3) is 0.143. The lowest BCUT2D eigenvalue weighted by molar-refractivity contribution is 0.103.